The summed E-state index contributed by atoms with van der Waals surface area (Å²) in [6, 6.07) is 7.75. The van der Waals surface area contributed by atoms with E-state index in [0.29, 0.717) is 44.1 Å². The Morgan fingerprint density at radius 2 is 2.06 bits per heavy atom. The fraction of sp³-hybridized carbons (Fsp3) is 0.143. The molecule has 2 heterocycles. The zero-order valence-corrected chi connectivity index (χ0v) is 18.6. The summed E-state index contributed by atoms with van der Waals surface area (Å²) in [7, 11) is 1.52. The highest BCUT2D eigenvalue weighted by molar-refractivity contribution is 7.13. The number of nitrogens with one attached hydrogen (secondary N) is 2. The second-order valence-corrected chi connectivity index (χ2v) is 7.90. The number of amides is 1. The minimum atomic E-state index is -0.502. The smallest absolute Gasteiger partial charge is 0.223 e. The molecular weight excluding hydrogens is 457 g/mol. The summed E-state index contributed by atoms with van der Waals surface area (Å²) < 4.78 is 25.6. The molecule has 1 amide bonds. The third-order valence-electron chi connectivity index (χ3n) is 4.32. The Morgan fingerprint density at radius 3 is 2.81 bits per heavy atom. The van der Waals surface area contributed by atoms with E-state index in [1.807, 2.05) is 0 Å². The van der Waals surface area contributed by atoms with Gasteiger partial charge in [-0.15, -0.1) is 11.3 Å². The van der Waals surface area contributed by atoms with Crippen LogP contribution in [-0.4, -0.2) is 28.0 Å². The first-order valence-electron chi connectivity index (χ1n) is 9.32. The topological polar surface area (TPSA) is 98.3 Å². The third-order valence-corrected chi connectivity index (χ3v) is 5.36. The van der Waals surface area contributed by atoms with E-state index in [2.05, 4.69) is 25.6 Å². The number of benzene rings is 2. The van der Waals surface area contributed by atoms with Crippen molar-refractivity contribution in [2.45, 2.75) is 13.5 Å². The molecule has 0 aliphatic heterocycles. The Bertz CT molecular complexity index is 1300. The molecule has 0 spiro atoms. The predicted molar refractivity (Wildman–Crippen MR) is 122 cm³/mol. The molecule has 0 atom stereocenters. The van der Waals surface area contributed by atoms with E-state index >= 15 is 0 Å². The van der Waals surface area contributed by atoms with Gasteiger partial charge in [0.2, 0.25) is 5.91 Å². The highest BCUT2D eigenvalue weighted by Crippen LogP contribution is 2.35. The molecule has 0 aliphatic carbocycles. The fourth-order valence-electron chi connectivity index (χ4n) is 2.89. The van der Waals surface area contributed by atoms with Crippen molar-refractivity contribution in [1.29, 1.82) is 0 Å². The largest absolute Gasteiger partial charge is 0.493 e. The maximum absolute atomic E-state index is 14.2. The van der Waals surface area contributed by atoms with Crippen molar-refractivity contribution < 1.29 is 18.7 Å². The SMILES string of the molecule is COc1cc2c(Nc3ccc(Cl)cc3F)ncnc2cc1OCc1csc(NC(C)=O)n1. The molecule has 2 aromatic heterocycles. The number of aromatic nitrogens is 3. The molecule has 8 nitrogen and oxygen atoms in total. The monoisotopic (exact) mass is 473 g/mol. The van der Waals surface area contributed by atoms with Crippen molar-refractivity contribution in [3.05, 3.63) is 58.6 Å². The van der Waals surface area contributed by atoms with Gasteiger partial charge in [-0.05, 0) is 24.3 Å². The van der Waals surface area contributed by atoms with Crippen molar-refractivity contribution in [2.75, 3.05) is 17.7 Å². The van der Waals surface area contributed by atoms with E-state index < -0.39 is 5.82 Å². The number of ether oxygens (including phenoxy) is 2. The molecule has 11 heteroatoms. The quantitative estimate of drug-likeness (QED) is 0.382. The van der Waals surface area contributed by atoms with Crippen molar-refractivity contribution in [2.24, 2.45) is 0 Å². The number of thiazole rings is 1. The molecule has 2 N–H and O–H groups in total. The van der Waals surface area contributed by atoms with Gasteiger partial charge in [0.25, 0.3) is 0 Å². The van der Waals surface area contributed by atoms with E-state index in [1.54, 1.807) is 23.6 Å². The number of hydrogen-bond donors (Lipinski definition) is 2. The molecule has 32 heavy (non-hydrogen) atoms. The standard InChI is InChI=1S/C21H17ClFN5O3S/c1-11(29)26-21-27-13(9-32-21)8-31-19-7-17-14(6-18(19)30-2)20(25-10-24-17)28-16-4-3-12(22)5-15(16)23/h3-7,9-10H,8H2,1-2H3,(H,24,25,28)(H,26,27,29). The molecule has 4 aromatic rings. The van der Waals surface area contributed by atoms with E-state index in [0.717, 1.165) is 0 Å². The molecule has 0 fully saturated rings. The summed E-state index contributed by atoms with van der Waals surface area (Å²) in [5.74, 6) is 0.616. The molecule has 0 saturated heterocycles. The molecular formula is C21H17ClFN5O3S. The minimum absolute atomic E-state index is 0.171. The normalized spacial score (nSPS) is 10.8. The van der Waals surface area contributed by atoms with Gasteiger partial charge in [-0.2, -0.15) is 0 Å². The van der Waals surface area contributed by atoms with Gasteiger partial charge in [0.1, 0.15) is 24.6 Å². The number of rotatable bonds is 7. The van der Waals surface area contributed by atoms with Crippen LogP contribution in [0.25, 0.3) is 10.9 Å². The van der Waals surface area contributed by atoms with Crippen LogP contribution < -0.4 is 20.1 Å². The lowest BCUT2D eigenvalue weighted by molar-refractivity contribution is -0.114. The maximum atomic E-state index is 14.2. The maximum Gasteiger partial charge on any atom is 0.223 e. The number of carbonyl (C=O) groups is 1. The van der Waals surface area contributed by atoms with Gasteiger partial charge in [-0.25, -0.2) is 19.3 Å². The van der Waals surface area contributed by atoms with Crippen LogP contribution in [0.15, 0.2) is 42.0 Å². The van der Waals surface area contributed by atoms with Gasteiger partial charge in [-0.1, -0.05) is 11.6 Å². The summed E-state index contributed by atoms with van der Waals surface area (Å²) in [5, 5.41) is 8.81. The van der Waals surface area contributed by atoms with Gasteiger partial charge in [0.05, 0.1) is 24.0 Å². The third kappa shape index (κ3) is 4.87. The van der Waals surface area contributed by atoms with Gasteiger partial charge < -0.3 is 20.1 Å². The molecule has 0 aliphatic rings. The van der Waals surface area contributed by atoms with E-state index in [1.165, 1.54) is 43.8 Å². The van der Waals surface area contributed by atoms with Gasteiger partial charge in [0.15, 0.2) is 16.6 Å². The van der Waals surface area contributed by atoms with Crippen LogP contribution in [-0.2, 0) is 11.4 Å². The van der Waals surface area contributed by atoms with Crippen molar-refractivity contribution in [1.82, 2.24) is 15.0 Å². The van der Waals surface area contributed by atoms with Gasteiger partial charge in [-0.3, -0.25) is 4.79 Å². The second-order valence-electron chi connectivity index (χ2n) is 6.61. The number of carbonyl (C=O) groups excluding carboxylic acids is 1. The number of halogens is 2. The molecule has 164 valence electrons. The zero-order chi connectivity index (χ0) is 22.7. The number of anilines is 3. The molecule has 0 radical (unpaired) electrons. The number of fused-ring (bicyclic) bond motifs is 1. The van der Waals surface area contributed by atoms with E-state index in [-0.39, 0.29) is 18.2 Å². The van der Waals surface area contributed by atoms with Crippen molar-refractivity contribution >= 4 is 56.4 Å². The first-order valence-corrected chi connectivity index (χ1v) is 10.6. The van der Waals surface area contributed by atoms with Gasteiger partial charge >= 0.3 is 0 Å². The van der Waals surface area contributed by atoms with Crippen molar-refractivity contribution in [3.8, 4) is 11.5 Å². The lowest BCUT2D eigenvalue weighted by Gasteiger charge is -2.13. The molecule has 0 saturated carbocycles. The first-order chi connectivity index (χ1) is 15.4. The Kier molecular flexibility index (Phi) is 6.33. The van der Waals surface area contributed by atoms with Crippen LogP contribution >= 0.6 is 22.9 Å². The first kappa shape index (κ1) is 21.7. The van der Waals surface area contributed by atoms with Crippen LogP contribution in [0.3, 0.4) is 0 Å². The predicted octanol–water partition coefficient (Wildman–Crippen LogP) is 5.17. The molecule has 0 bridgehead atoms. The lowest BCUT2D eigenvalue weighted by atomic mass is 10.2. The Morgan fingerprint density at radius 1 is 1.22 bits per heavy atom. The lowest BCUT2D eigenvalue weighted by Crippen LogP contribution is -2.05. The zero-order valence-electron chi connectivity index (χ0n) is 17.0. The Labute approximate surface area is 191 Å². The van der Waals surface area contributed by atoms with Crippen molar-refractivity contribution in [3.63, 3.8) is 0 Å². The van der Waals surface area contributed by atoms with Gasteiger partial charge in [0, 0.05) is 28.8 Å². The summed E-state index contributed by atoms with van der Waals surface area (Å²) in [6.07, 6.45) is 1.37. The summed E-state index contributed by atoms with van der Waals surface area (Å²) in [6.45, 7) is 1.59. The fourth-order valence-corrected chi connectivity index (χ4v) is 3.79. The minimum Gasteiger partial charge on any atom is -0.493 e. The van der Waals surface area contributed by atoms with E-state index in [4.69, 9.17) is 21.1 Å². The Hall–Kier alpha value is -3.50. The summed E-state index contributed by atoms with van der Waals surface area (Å²) >= 11 is 7.13. The van der Waals surface area contributed by atoms with Crippen LogP contribution in [0, 0.1) is 5.82 Å². The molecule has 4 rings (SSSR count). The van der Waals surface area contributed by atoms with Crippen LogP contribution in [0.4, 0.5) is 21.0 Å². The van der Waals surface area contributed by atoms with Crippen LogP contribution in [0.1, 0.15) is 12.6 Å². The highest BCUT2D eigenvalue weighted by Gasteiger charge is 2.14. The van der Waals surface area contributed by atoms with E-state index in [9.17, 15) is 9.18 Å². The number of methoxy groups -OCH3 is 1. The second kappa shape index (κ2) is 9.33. The van der Waals surface area contributed by atoms with Crippen LogP contribution in [0.2, 0.25) is 5.02 Å². The average Bonchev–Trinajstić information content (AvgIpc) is 3.20. The highest BCUT2D eigenvalue weighted by atomic mass is 35.5. The molecule has 0 unspecified atom stereocenters. The number of nitrogens with zero attached hydrogens (tertiary/aromatic N) is 3. The Balaban J connectivity index is 1.60. The average molecular weight is 474 g/mol. The van der Waals surface area contributed by atoms with Crippen LogP contribution in [0.5, 0.6) is 11.5 Å². The molecule has 2 aromatic carbocycles. The summed E-state index contributed by atoms with van der Waals surface area (Å²) in [4.78, 5) is 24.0. The summed E-state index contributed by atoms with van der Waals surface area (Å²) in [5.41, 5.74) is 1.46. The number of hydrogen-bond acceptors (Lipinski definition) is 8.